The molecule has 1 amide bonds. The molecule has 0 aliphatic rings. The van der Waals surface area contributed by atoms with Crippen LogP contribution in [0.3, 0.4) is 0 Å². The third kappa shape index (κ3) is 7.54. The fourth-order valence-electron chi connectivity index (χ4n) is 1.09. The summed E-state index contributed by atoms with van der Waals surface area (Å²) in [5.74, 6) is 0. The summed E-state index contributed by atoms with van der Waals surface area (Å²) in [5.41, 5.74) is -1.24. The van der Waals surface area contributed by atoms with Gasteiger partial charge in [-0.1, -0.05) is 26.2 Å². The molecule has 1 N–H and O–H groups in total. The van der Waals surface area contributed by atoms with Crippen molar-refractivity contribution in [1.29, 1.82) is 0 Å². The summed E-state index contributed by atoms with van der Waals surface area (Å²) in [7, 11) is 0. The third-order valence-electron chi connectivity index (χ3n) is 2.35. The van der Waals surface area contributed by atoms with Crippen LogP contribution in [0.15, 0.2) is 0 Å². The smallest absolute Gasteiger partial charge is 0.407 e. The van der Waals surface area contributed by atoms with E-state index in [-0.39, 0.29) is 6.61 Å². The van der Waals surface area contributed by atoms with Crippen LogP contribution in [0.25, 0.3) is 0 Å². The minimum absolute atomic E-state index is 0.221. The number of amides is 1. The molecule has 0 rings (SSSR count). The minimum Gasteiger partial charge on any atom is -0.442 e. The highest BCUT2D eigenvalue weighted by Gasteiger charge is 2.32. The summed E-state index contributed by atoms with van der Waals surface area (Å²) in [6.07, 6.45) is 3.67. The van der Waals surface area contributed by atoms with E-state index in [1.165, 1.54) is 13.8 Å². The van der Waals surface area contributed by atoms with Gasteiger partial charge in [-0.3, -0.25) is 10.1 Å². The first-order valence-corrected chi connectivity index (χ1v) is 5.95. The van der Waals surface area contributed by atoms with Gasteiger partial charge in [0.25, 0.3) is 0 Å². The van der Waals surface area contributed by atoms with E-state index in [1.807, 2.05) is 0 Å². The average molecular weight is 246 g/mol. The monoisotopic (exact) mass is 246 g/mol. The molecule has 6 heteroatoms. The molecule has 17 heavy (non-hydrogen) atoms. The Balaban J connectivity index is 3.63. The lowest BCUT2D eigenvalue weighted by Crippen LogP contribution is -2.39. The molecule has 100 valence electrons. The Labute approximate surface area is 102 Å². The first-order valence-electron chi connectivity index (χ1n) is 5.95. The molecule has 0 aliphatic heterocycles. The number of nitrogens with one attached hydrogen (secondary N) is 1. The molecule has 0 heterocycles. The Bertz CT molecular complexity index is 254. The van der Waals surface area contributed by atoms with E-state index < -0.39 is 16.6 Å². The van der Waals surface area contributed by atoms with E-state index in [1.54, 1.807) is 0 Å². The molecular weight excluding hydrogens is 224 g/mol. The number of carbonyl (C=O) groups excluding carboxylic acids is 1. The van der Waals surface area contributed by atoms with Crippen LogP contribution in [-0.4, -0.2) is 29.7 Å². The van der Waals surface area contributed by atoms with Crippen molar-refractivity contribution in [3.05, 3.63) is 10.1 Å². The summed E-state index contributed by atoms with van der Waals surface area (Å²) in [4.78, 5) is 21.3. The lowest BCUT2D eigenvalue weighted by Gasteiger charge is -2.15. The maximum absolute atomic E-state index is 11.2. The number of hydrogen-bond acceptors (Lipinski definition) is 4. The lowest BCUT2D eigenvalue weighted by atomic mass is 10.1. The molecule has 0 aromatic rings. The summed E-state index contributed by atoms with van der Waals surface area (Å²) >= 11 is 0. The molecule has 0 aromatic carbocycles. The summed E-state index contributed by atoms with van der Waals surface area (Å²) in [6.45, 7) is 5.28. The number of nitro groups is 1. The van der Waals surface area contributed by atoms with E-state index >= 15 is 0 Å². The van der Waals surface area contributed by atoms with Crippen molar-refractivity contribution in [2.75, 3.05) is 13.2 Å². The summed E-state index contributed by atoms with van der Waals surface area (Å²) < 4.78 is 4.78. The molecular formula is C11H22N2O4. The molecule has 0 spiro atoms. The summed E-state index contributed by atoms with van der Waals surface area (Å²) in [5, 5.41) is 13.1. The standard InChI is InChI=1S/C11H22N2O4/c1-4-5-6-7-8-12-10(14)17-9-11(2,3)13(15)16/h4-9H2,1-3H3,(H,12,14). The van der Waals surface area contributed by atoms with Crippen LogP contribution in [0.4, 0.5) is 4.79 Å². The number of nitrogens with zero attached hydrogens (tertiary/aromatic N) is 1. The molecule has 0 fully saturated rings. The van der Waals surface area contributed by atoms with Gasteiger partial charge >= 0.3 is 6.09 Å². The molecule has 0 saturated carbocycles. The minimum atomic E-state index is -1.24. The average Bonchev–Trinajstić information content (AvgIpc) is 2.26. The topological polar surface area (TPSA) is 81.5 Å². The van der Waals surface area contributed by atoms with Crippen molar-refractivity contribution in [1.82, 2.24) is 5.32 Å². The van der Waals surface area contributed by atoms with Crippen molar-refractivity contribution in [2.24, 2.45) is 0 Å². The van der Waals surface area contributed by atoms with Crippen molar-refractivity contribution in [2.45, 2.75) is 52.0 Å². The number of hydrogen-bond donors (Lipinski definition) is 1. The first-order chi connectivity index (χ1) is 7.90. The van der Waals surface area contributed by atoms with Crippen LogP contribution in [-0.2, 0) is 4.74 Å². The zero-order valence-electron chi connectivity index (χ0n) is 10.8. The third-order valence-corrected chi connectivity index (χ3v) is 2.35. The highest BCUT2D eigenvalue weighted by molar-refractivity contribution is 5.67. The summed E-state index contributed by atoms with van der Waals surface area (Å²) in [6, 6.07) is 0. The van der Waals surface area contributed by atoms with E-state index in [0.29, 0.717) is 6.54 Å². The van der Waals surface area contributed by atoms with Crippen LogP contribution in [0.2, 0.25) is 0 Å². The van der Waals surface area contributed by atoms with Crippen LogP contribution in [0.5, 0.6) is 0 Å². The number of alkyl carbamates (subject to hydrolysis) is 1. The highest BCUT2D eigenvalue weighted by Crippen LogP contribution is 2.07. The highest BCUT2D eigenvalue weighted by atomic mass is 16.6. The molecule has 0 bridgehead atoms. The fraction of sp³-hybridized carbons (Fsp3) is 0.909. The first kappa shape index (κ1) is 15.7. The van der Waals surface area contributed by atoms with E-state index in [2.05, 4.69) is 12.2 Å². The number of carbonyl (C=O) groups is 1. The van der Waals surface area contributed by atoms with E-state index in [4.69, 9.17) is 4.74 Å². The van der Waals surface area contributed by atoms with Gasteiger partial charge in [-0.25, -0.2) is 4.79 Å². The SMILES string of the molecule is CCCCCCNC(=O)OCC(C)(C)[N+](=O)[O-]. The molecule has 0 atom stereocenters. The molecule has 0 saturated heterocycles. The van der Waals surface area contributed by atoms with Crippen molar-refractivity contribution < 1.29 is 14.5 Å². The van der Waals surface area contributed by atoms with E-state index in [9.17, 15) is 14.9 Å². The zero-order chi connectivity index (χ0) is 13.3. The van der Waals surface area contributed by atoms with Crippen LogP contribution < -0.4 is 5.32 Å². The van der Waals surface area contributed by atoms with Gasteiger partial charge in [0.2, 0.25) is 5.54 Å². The normalized spacial score (nSPS) is 11.0. The fourth-order valence-corrected chi connectivity index (χ4v) is 1.09. The Morgan fingerprint density at radius 1 is 1.35 bits per heavy atom. The predicted octanol–water partition coefficient (Wildman–Crippen LogP) is 2.35. The van der Waals surface area contributed by atoms with Crippen molar-refractivity contribution >= 4 is 6.09 Å². The maximum atomic E-state index is 11.2. The zero-order valence-corrected chi connectivity index (χ0v) is 10.8. The molecule has 0 aliphatic carbocycles. The quantitative estimate of drug-likeness (QED) is 0.405. The van der Waals surface area contributed by atoms with Gasteiger partial charge in [0.1, 0.15) is 0 Å². The number of ether oxygens (including phenoxy) is 1. The van der Waals surface area contributed by atoms with Gasteiger partial charge in [-0.15, -0.1) is 0 Å². The second-order valence-corrected chi connectivity index (χ2v) is 4.63. The Morgan fingerprint density at radius 2 is 2.00 bits per heavy atom. The second-order valence-electron chi connectivity index (χ2n) is 4.63. The van der Waals surface area contributed by atoms with Gasteiger partial charge in [0.15, 0.2) is 6.61 Å². The number of rotatable bonds is 8. The van der Waals surface area contributed by atoms with Crippen molar-refractivity contribution in [3.8, 4) is 0 Å². The van der Waals surface area contributed by atoms with Gasteiger partial charge in [0, 0.05) is 25.3 Å². The molecule has 0 aromatic heterocycles. The molecule has 6 nitrogen and oxygen atoms in total. The van der Waals surface area contributed by atoms with Crippen LogP contribution in [0, 0.1) is 10.1 Å². The molecule has 0 radical (unpaired) electrons. The Kier molecular flexibility index (Phi) is 7.25. The van der Waals surface area contributed by atoms with Crippen LogP contribution >= 0.6 is 0 Å². The Morgan fingerprint density at radius 3 is 2.53 bits per heavy atom. The van der Waals surface area contributed by atoms with Crippen LogP contribution in [0.1, 0.15) is 46.5 Å². The van der Waals surface area contributed by atoms with Gasteiger partial charge in [-0.05, 0) is 6.42 Å². The predicted molar refractivity (Wildman–Crippen MR) is 64.6 cm³/mol. The Hall–Kier alpha value is -1.33. The van der Waals surface area contributed by atoms with Gasteiger partial charge in [-0.2, -0.15) is 0 Å². The maximum Gasteiger partial charge on any atom is 0.407 e. The van der Waals surface area contributed by atoms with Gasteiger partial charge < -0.3 is 10.1 Å². The van der Waals surface area contributed by atoms with Gasteiger partial charge in [0.05, 0.1) is 0 Å². The molecule has 0 unspecified atom stereocenters. The largest absolute Gasteiger partial charge is 0.442 e. The van der Waals surface area contributed by atoms with Crippen molar-refractivity contribution in [3.63, 3.8) is 0 Å². The van der Waals surface area contributed by atoms with E-state index in [0.717, 1.165) is 25.7 Å². The lowest BCUT2D eigenvalue weighted by molar-refractivity contribution is -0.563. The number of unbranched alkanes of at least 4 members (excludes halogenated alkanes) is 3. The second kappa shape index (κ2) is 7.86.